The quantitative estimate of drug-likeness (QED) is 0.672. The molecule has 1 N–H and O–H groups in total. The van der Waals surface area contributed by atoms with E-state index in [-0.39, 0.29) is 6.04 Å². The molecule has 0 amide bonds. The Balaban J connectivity index is 4.09. The predicted octanol–water partition coefficient (Wildman–Crippen LogP) is 2.49. The van der Waals surface area contributed by atoms with Gasteiger partial charge in [0.2, 0.25) is 0 Å². The van der Waals surface area contributed by atoms with Crippen molar-refractivity contribution in [3.63, 3.8) is 0 Å². The average Bonchev–Trinajstić information content (AvgIpc) is 2.22. The zero-order valence-corrected chi connectivity index (χ0v) is 12.2. The molecule has 0 rings (SSSR count). The number of nitriles is 1. The fourth-order valence-electron chi connectivity index (χ4n) is 2.06. The molecule has 0 aliphatic carbocycles. The van der Waals surface area contributed by atoms with Gasteiger partial charge in [0, 0.05) is 19.6 Å². The highest BCUT2D eigenvalue weighted by atomic mass is 15.1. The number of hydrogen-bond acceptors (Lipinski definition) is 3. The van der Waals surface area contributed by atoms with Crippen LogP contribution in [0, 0.1) is 23.2 Å². The largest absolute Gasteiger partial charge is 0.303 e. The summed E-state index contributed by atoms with van der Waals surface area (Å²) in [4.78, 5) is 2.48. The minimum Gasteiger partial charge on any atom is -0.303 e. The van der Waals surface area contributed by atoms with E-state index in [1.807, 2.05) is 6.92 Å². The fourth-order valence-corrected chi connectivity index (χ4v) is 2.06. The molecule has 100 valence electrons. The average molecular weight is 239 g/mol. The van der Waals surface area contributed by atoms with Crippen molar-refractivity contribution in [2.75, 3.05) is 26.2 Å². The standard InChI is InChI=1S/C14H29N3/c1-6-16-14(9-15)7-8-17(10-12(2)3)11-13(4)5/h12-14,16H,6-8,10-11H2,1-5H3. The molecular weight excluding hydrogens is 210 g/mol. The van der Waals surface area contributed by atoms with Gasteiger partial charge in [-0.1, -0.05) is 34.6 Å². The lowest BCUT2D eigenvalue weighted by Crippen LogP contribution is -2.36. The third-order valence-electron chi connectivity index (χ3n) is 2.59. The molecule has 0 heterocycles. The summed E-state index contributed by atoms with van der Waals surface area (Å²) >= 11 is 0. The van der Waals surface area contributed by atoms with Crippen LogP contribution in [0.3, 0.4) is 0 Å². The van der Waals surface area contributed by atoms with Crippen LogP contribution in [0.2, 0.25) is 0 Å². The Morgan fingerprint density at radius 1 is 1.12 bits per heavy atom. The maximum atomic E-state index is 9.00. The summed E-state index contributed by atoms with van der Waals surface area (Å²) in [6, 6.07) is 2.33. The zero-order chi connectivity index (χ0) is 13.3. The van der Waals surface area contributed by atoms with Crippen molar-refractivity contribution >= 4 is 0 Å². The van der Waals surface area contributed by atoms with Crippen molar-refractivity contribution in [2.45, 2.75) is 47.1 Å². The predicted molar refractivity (Wildman–Crippen MR) is 73.8 cm³/mol. The first kappa shape index (κ1) is 16.4. The van der Waals surface area contributed by atoms with E-state index < -0.39 is 0 Å². The van der Waals surface area contributed by atoms with Gasteiger partial charge in [0.15, 0.2) is 0 Å². The molecule has 0 bridgehead atoms. The molecule has 17 heavy (non-hydrogen) atoms. The first-order valence-corrected chi connectivity index (χ1v) is 6.84. The molecule has 0 aliphatic rings. The summed E-state index contributed by atoms with van der Waals surface area (Å²) in [6.07, 6.45) is 0.920. The van der Waals surface area contributed by atoms with Gasteiger partial charge < -0.3 is 10.2 Å². The second-order valence-corrected chi connectivity index (χ2v) is 5.58. The van der Waals surface area contributed by atoms with Crippen molar-refractivity contribution in [1.29, 1.82) is 5.26 Å². The fraction of sp³-hybridized carbons (Fsp3) is 0.929. The molecule has 1 unspecified atom stereocenters. The number of nitrogens with one attached hydrogen (secondary N) is 1. The summed E-state index contributed by atoms with van der Waals surface area (Å²) in [6.45, 7) is 15.2. The van der Waals surface area contributed by atoms with E-state index in [1.165, 1.54) is 0 Å². The van der Waals surface area contributed by atoms with Gasteiger partial charge in [-0.3, -0.25) is 0 Å². The minimum absolute atomic E-state index is 0.00169. The molecule has 0 saturated carbocycles. The summed E-state index contributed by atoms with van der Waals surface area (Å²) in [5.74, 6) is 1.38. The van der Waals surface area contributed by atoms with Crippen molar-refractivity contribution < 1.29 is 0 Å². The van der Waals surface area contributed by atoms with Crippen LogP contribution >= 0.6 is 0 Å². The van der Waals surface area contributed by atoms with Crippen molar-refractivity contribution in [3.05, 3.63) is 0 Å². The van der Waals surface area contributed by atoms with Crippen LogP contribution in [0.25, 0.3) is 0 Å². The molecule has 0 aliphatic heterocycles. The highest BCUT2D eigenvalue weighted by Gasteiger charge is 2.12. The van der Waals surface area contributed by atoms with Gasteiger partial charge in [0.05, 0.1) is 12.1 Å². The highest BCUT2D eigenvalue weighted by molar-refractivity contribution is 4.89. The molecular formula is C14H29N3. The van der Waals surface area contributed by atoms with Crippen molar-refractivity contribution in [2.24, 2.45) is 11.8 Å². The Morgan fingerprint density at radius 2 is 1.65 bits per heavy atom. The van der Waals surface area contributed by atoms with Crippen LogP contribution in [0.4, 0.5) is 0 Å². The van der Waals surface area contributed by atoms with Gasteiger partial charge in [0.1, 0.15) is 0 Å². The van der Waals surface area contributed by atoms with Crippen molar-refractivity contribution in [3.8, 4) is 6.07 Å². The van der Waals surface area contributed by atoms with Gasteiger partial charge in [-0.15, -0.1) is 0 Å². The van der Waals surface area contributed by atoms with Crippen LogP contribution < -0.4 is 5.32 Å². The Labute approximate surface area is 107 Å². The Hall–Kier alpha value is -0.590. The Morgan fingerprint density at radius 3 is 2.00 bits per heavy atom. The Bertz CT molecular complexity index is 208. The summed E-state index contributed by atoms with van der Waals surface area (Å²) in [5.41, 5.74) is 0. The van der Waals surface area contributed by atoms with Crippen LogP contribution in [0.15, 0.2) is 0 Å². The molecule has 0 spiro atoms. The number of rotatable bonds is 9. The van der Waals surface area contributed by atoms with E-state index in [1.54, 1.807) is 0 Å². The lowest BCUT2D eigenvalue weighted by atomic mass is 10.1. The third-order valence-corrected chi connectivity index (χ3v) is 2.59. The van der Waals surface area contributed by atoms with Crippen LogP contribution in [0.5, 0.6) is 0 Å². The Kier molecular flexibility index (Phi) is 9.11. The SMILES string of the molecule is CCNC(C#N)CCN(CC(C)C)CC(C)C. The van der Waals surface area contributed by atoms with E-state index in [9.17, 15) is 0 Å². The van der Waals surface area contributed by atoms with Gasteiger partial charge in [-0.05, 0) is 24.8 Å². The first-order valence-electron chi connectivity index (χ1n) is 6.84. The van der Waals surface area contributed by atoms with E-state index in [0.29, 0.717) is 11.8 Å². The first-order chi connectivity index (χ1) is 7.99. The van der Waals surface area contributed by atoms with E-state index in [2.05, 4.69) is 44.0 Å². The smallest absolute Gasteiger partial charge is 0.0965 e. The van der Waals surface area contributed by atoms with Gasteiger partial charge >= 0.3 is 0 Å². The highest BCUT2D eigenvalue weighted by Crippen LogP contribution is 2.05. The molecule has 0 fully saturated rings. The molecule has 0 saturated heterocycles. The summed E-state index contributed by atoms with van der Waals surface area (Å²) in [5, 5.41) is 12.2. The van der Waals surface area contributed by atoms with Gasteiger partial charge in [-0.2, -0.15) is 5.26 Å². The van der Waals surface area contributed by atoms with Crippen LogP contribution in [0.1, 0.15) is 41.0 Å². The third kappa shape index (κ3) is 9.14. The molecule has 0 aromatic heterocycles. The van der Waals surface area contributed by atoms with Crippen molar-refractivity contribution in [1.82, 2.24) is 10.2 Å². The van der Waals surface area contributed by atoms with E-state index in [4.69, 9.17) is 5.26 Å². The van der Waals surface area contributed by atoms with Crippen LogP contribution in [-0.2, 0) is 0 Å². The molecule has 1 atom stereocenters. The molecule has 0 aromatic carbocycles. The van der Waals surface area contributed by atoms with E-state index in [0.717, 1.165) is 32.6 Å². The molecule has 0 aromatic rings. The van der Waals surface area contributed by atoms with Crippen LogP contribution in [-0.4, -0.2) is 37.1 Å². The summed E-state index contributed by atoms with van der Waals surface area (Å²) < 4.78 is 0. The van der Waals surface area contributed by atoms with E-state index >= 15 is 0 Å². The second-order valence-electron chi connectivity index (χ2n) is 5.58. The zero-order valence-electron chi connectivity index (χ0n) is 12.2. The number of hydrogen-bond donors (Lipinski definition) is 1. The maximum Gasteiger partial charge on any atom is 0.0965 e. The van der Waals surface area contributed by atoms with Gasteiger partial charge in [0.25, 0.3) is 0 Å². The topological polar surface area (TPSA) is 39.1 Å². The summed E-state index contributed by atoms with van der Waals surface area (Å²) in [7, 11) is 0. The minimum atomic E-state index is 0.00169. The second kappa shape index (κ2) is 9.44. The monoisotopic (exact) mass is 239 g/mol. The molecule has 3 nitrogen and oxygen atoms in total. The maximum absolute atomic E-state index is 9.00. The molecule has 3 heteroatoms. The lowest BCUT2D eigenvalue weighted by molar-refractivity contribution is 0.213. The lowest BCUT2D eigenvalue weighted by Gasteiger charge is -2.26. The normalized spacial score (nSPS) is 13.4. The molecule has 0 radical (unpaired) electrons. The van der Waals surface area contributed by atoms with Gasteiger partial charge in [-0.25, -0.2) is 0 Å². The number of nitrogens with zero attached hydrogens (tertiary/aromatic N) is 2.